The minimum Gasteiger partial charge on any atom is -0.508 e. The van der Waals surface area contributed by atoms with E-state index in [9.17, 15) is 9.90 Å². The molecule has 0 saturated carbocycles. The molecule has 1 unspecified atom stereocenters. The lowest BCUT2D eigenvalue weighted by Gasteiger charge is -2.19. The summed E-state index contributed by atoms with van der Waals surface area (Å²) in [4.78, 5) is 12.4. The zero-order valence-electron chi connectivity index (χ0n) is 11.9. The van der Waals surface area contributed by atoms with E-state index in [2.05, 4.69) is 0 Å². The molecule has 0 bridgehead atoms. The summed E-state index contributed by atoms with van der Waals surface area (Å²) in [5.41, 5.74) is 1.19. The Bertz CT molecular complexity index is 637. The van der Waals surface area contributed by atoms with Crippen LogP contribution in [0.3, 0.4) is 0 Å². The van der Waals surface area contributed by atoms with Crippen LogP contribution < -0.4 is 0 Å². The minimum atomic E-state index is -0.702. The van der Waals surface area contributed by atoms with E-state index >= 15 is 0 Å². The maximum atomic E-state index is 12.4. The Balaban J connectivity index is 2.49. The van der Waals surface area contributed by atoms with Gasteiger partial charge in [-0.25, -0.2) is 0 Å². The predicted molar refractivity (Wildman–Crippen MR) is 82.6 cm³/mol. The van der Waals surface area contributed by atoms with Crippen LogP contribution in [0.1, 0.15) is 30.9 Å². The number of benzene rings is 2. The van der Waals surface area contributed by atoms with Crippen molar-refractivity contribution in [2.45, 2.75) is 25.9 Å². The third-order valence-electron chi connectivity index (χ3n) is 3.02. The Kier molecular flexibility index (Phi) is 4.86. The summed E-state index contributed by atoms with van der Waals surface area (Å²) >= 11 is 6.01. The van der Waals surface area contributed by atoms with Gasteiger partial charge in [-0.15, -0.1) is 0 Å². The average molecular weight is 305 g/mol. The van der Waals surface area contributed by atoms with Gasteiger partial charge in [-0.05, 0) is 37.6 Å². The van der Waals surface area contributed by atoms with Crippen LogP contribution in [0.15, 0.2) is 48.5 Å². The molecule has 4 heteroatoms. The molecular formula is C17H17ClO3. The highest BCUT2D eigenvalue weighted by Crippen LogP contribution is 2.33. The lowest BCUT2D eigenvalue weighted by Crippen LogP contribution is -2.20. The molecule has 1 atom stereocenters. The number of hydrogen-bond donors (Lipinski definition) is 1. The molecule has 0 fully saturated rings. The number of para-hydroxylation sites is 1. The maximum absolute atomic E-state index is 12.4. The second-order valence-electron chi connectivity index (χ2n) is 5.03. The number of ether oxygens (including phenoxy) is 1. The number of hydrogen-bond acceptors (Lipinski definition) is 3. The van der Waals surface area contributed by atoms with Gasteiger partial charge in [0.2, 0.25) is 0 Å². The number of halogens is 1. The van der Waals surface area contributed by atoms with Crippen molar-refractivity contribution >= 4 is 17.6 Å². The van der Waals surface area contributed by atoms with Crippen LogP contribution in [0.4, 0.5) is 0 Å². The van der Waals surface area contributed by atoms with E-state index in [1.807, 2.05) is 0 Å². The van der Waals surface area contributed by atoms with E-state index in [4.69, 9.17) is 16.3 Å². The molecule has 0 saturated heterocycles. The molecule has 2 aromatic carbocycles. The lowest BCUT2D eigenvalue weighted by atomic mass is 9.90. The van der Waals surface area contributed by atoms with Crippen molar-refractivity contribution in [2.75, 3.05) is 0 Å². The van der Waals surface area contributed by atoms with E-state index < -0.39 is 11.9 Å². The van der Waals surface area contributed by atoms with E-state index in [-0.39, 0.29) is 11.9 Å². The van der Waals surface area contributed by atoms with Crippen molar-refractivity contribution in [1.82, 2.24) is 0 Å². The number of carbonyl (C=O) groups is 1. The Labute approximate surface area is 129 Å². The SMILES string of the molecule is CC(C)OC(=O)C(c1cccc(Cl)c1)c1ccccc1O. The van der Waals surface area contributed by atoms with Crippen LogP contribution in [0.25, 0.3) is 0 Å². The maximum Gasteiger partial charge on any atom is 0.318 e. The Hall–Kier alpha value is -2.00. The predicted octanol–water partition coefficient (Wildman–Crippen LogP) is 4.13. The number of rotatable bonds is 4. The molecule has 0 radical (unpaired) electrons. The largest absolute Gasteiger partial charge is 0.508 e. The molecule has 0 spiro atoms. The molecule has 3 nitrogen and oxygen atoms in total. The molecule has 2 aromatic rings. The molecule has 0 aliphatic rings. The first-order valence-corrected chi connectivity index (χ1v) is 7.10. The summed E-state index contributed by atoms with van der Waals surface area (Å²) in [5, 5.41) is 10.6. The van der Waals surface area contributed by atoms with Gasteiger partial charge in [-0.2, -0.15) is 0 Å². The van der Waals surface area contributed by atoms with Gasteiger partial charge in [0, 0.05) is 10.6 Å². The molecule has 0 amide bonds. The molecule has 2 rings (SSSR count). The third-order valence-corrected chi connectivity index (χ3v) is 3.25. The summed E-state index contributed by atoms with van der Waals surface area (Å²) in [7, 11) is 0. The lowest BCUT2D eigenvalue weighted by molar-refractivity contribution is -0.148. The van der Waals surface area contributed by atoms with Crippen molar-refractivity contribution in [3.63, 3.8) is 0 Å². The van der Waals surface area contributed by atoms with Crippen molar-refractivity contribution in [2.24, 2.45) is 0 Å². The van der Waals surface area contributed by atoms with Crippen LogP contribution in [0, 0.1) is 0 Å². The number of phenolic OH excluding ortho intramolecular Hbond substituents is 1. The zero-order valence-corrected chi connectivity index (χ0v) is 12.7. The van der Waals surface area contributed by atoms with Gasteiger partial charge in [0.1, 0.15) is 11.7 Å². The molecule has 0 aromatic heterocycles. The van der Waals surface area contributed by atoms with E-state index in [0.717, 1.165) is 0 Å². The van der Waals surface area contributed by atoms with Gasteiger partial charge in [0.15, 0.2) is 0 Å². The quantitative estimate of drug-likeness (QED) is 0.864. The Morgan fingerprint density at radius 2 is 1.86 bits per heavy atom. The second kappa shape index (κ2) is 6.64. The smallest absolute Gasteiger partial charge is 0.318 e. The summed E-state index contributed by atoms with van der Waals surface area (Å²) in [6.07, 6.45) is -0.231. The van der Waals surface area contributed by atoms with E-state index in [0.29, 0.717) is 16.1 Å². The van der Waals surface area contributed by atoms with Crippen LogP contribution >= 0.6 is 11.6 Å². The monoisotopic (exact) mass is 304 g/mol. The Morgan fingerprint density at radius 3 is 2.48 bits per heavy atom. The molecule has 0 heterocycles. The highest BCUT2D eigenvalue weighted by Gasteiger charge is 2.27. The molecule has 110 valence electrons. The first-order chi connectivity index (χ1) is 9.99. The van der Waals surface area contributed by atoms with Gasteiger partial charge in [-0.1, -0.05) is 41.9 Å². The minimum absolute atomic E-state index is 0.0585. The number of esters is 1. The van der Waals surface area contributed by atoms with Gasteiger partial charge in [-0.3, -0.25) is 4.79 Å². The molecule has 21 heavy (non-hydrogen) atoms. The zero-order chi connectivity index (χ0) is 15.4. The standard InChI is InChI=1S/C17H17ClO3/c1-11(2)21-17(20)16(12-6-5-7-13(18)10-12)14-8-3-4-9-15(14)19/h3-11,16,19H,1-2H3. The van der Waals surface area contributed by atoms with E-state index in [1.54, 1.807) is 62.4 Å². The molecular weight excluding hydrogens is 288 g/mol. The number of aromatic hydroxyl groups is 1. The van der Waals surface area contributed by atoms with Crippen LogP contribution in [-0.4, -0.2) is 17.2 Å². The highest BCUT2D eigenvalue weighted by atomic mass is 35.5. The van der Waals surface area contributed by atoms with Crippen LogP contribution in [-0.2, 0) is 9.53 Å². The number of carbonyl (C=O) groups excluding carboxylic acids is 1. The van der Waals surface area contributed by atoms with Crippen molar-refractivity contribution in [3.8, 4) is 5.75 Å². The average Bonchev–Trinajstić information content (AvgIpc) is 2.40. The number of phenols is 1. The normalized spacial score (nSPS) is 12.2. The fourth-order valence-corrected chi connectivity index (χ4v) is 2.36. The van der Waals surface area contributed by atoms with Gasteiger partial charge in [0.25, 0.3) is 0 Å². The van der Waals surface area contributed by atoms with Gasteiger partial charge < -0.3 is 9.84 Å². The summed E-state index contributed by atoms with van der Waals surface area (Å²) < 4.78 is 5.32. The first kappa shape index (κ1) is 15.4. The first-order valence-electron chi connectivity index (χ1n) is 6.73. The summed E-state index contributed by atoms with van der Waals surface area (Å²) in [6, 6.07) is 13.8. The van der Waals surface area contributed by atoms with Gasteiger partial charge >= 0.3 is 5.97 Å². The van der Waals surface area contributed by atoms with Crippen molar-refractivity contribution in [3.05, 3.63) is 64.7 Å². The van der Waals surface area contributed by atoms with E-state index in [1.165, 1.54) is 0 Å². The highest BCUT2D eigenvalue weighted by molar-refractivity contribution is 6.30. The molecule has 0 aliphatic carbocycles. The van der Waals surface area contributed by atoms with Crippen LogP contribution in [0.2, 0.25) is 5.02 Å². The summed E-state index contributed by atoms with van der Waals surface area (Å²) in [5.74, 6) is -1.05. The Morgan fingerprint density at radius 1 is 1.14 bits per heavy atom. The summed E-state index contributed by atoms with van der Waals surface area (Å²) in [6.45, 7) is 3.58. The fourth-order valence-electron chi connectivity index (χ4n) is 2.16. The van der Waals surface area contributed by atoms with Gasteiger partial charge in [0.05, 0.1) is 6.10 Å². The molecule has 1 N–H and O–H groups in total. The van der Waals surface area contributed by atoms with Crippen molar-refractivity contribution in [1.29, 1.82) is 0 Å². The van der Waals surface area contributed by atoms with Crippen LogP contribution in [0.5, 0.6) is 5.75 Å². The topological polar surface area (TPSA) is 46.5 Å². The third kappa shape index (κ3) is 3.76. The second-order valence-corrected chi connectivity index (χ2v) is 5.47. The van der Waals surface area contributed by atoms with Crippen molar-refractivity contribution < 1.29 is 14.6 Å². The fraction of sp³-hybridized carbons (Fsp3) is 0.235. The molecule has 0 aliphatic heterocycles.